The standard InChI is InChI=1S/C16H21BrN2/c17-15-6-3-7-16-14(15)8-10-19(16)11-9-18-12-13-4-1-2-5-13/h3,6-8,10,13,18H,1-2,4-5,9,11-12H2. The van der Waals surface area contributed by atoms with Gasteiger partial charge in [0.1, 0.15) is 0 Å². The maximum absolute atomic E-state index is 3.61. The highest BCUT2D eigenvalue weighted by atomic mass is 79.9. The molecule has 1 aliphatic carbocycles. The number of fused-ring (bicyclic) bond motifs is 1. The van der Waals surface area contributed by atoms with Gasteiger partial charge < -0.3 is 9.88 Å². The van der Waals surface area contributed by atoms with E-state index in [0.29, 0.717) is 0 Å². The van der Waals surface area contributed by atoms with Crippen molar-refractivity contribution in [2.24, 2.45) is 5.92 Å². The van der Waals surface area contributed by atoms with Crippen molar-refractivity contribution in [2.45, 2.75) is 32.2 Å². The summed E-state index contributed by atoms with van der Waals surface area (Å²) in [7, 11) is 0. The molecule has 3 heteroatoms. The molecule has 1 aromatic heterocycles. The van der Waals surface area contributed by atoms with Crippen LogP contribution in [0.5, 0.6) is 0 Å². The minimum atomic E-state index is 0.926. The lowest BCUT2D eigenvalue weighted by Crippen LogP contribution is -2.25. The highest BCUT2D eigenvalue weighted by molar-refractivity contribution is 9.10. The molecule has 1 N–H and O–H groups in total. The van der Waals surface area contributed by atoms with Crippen molar-refractivity contribution in [3.05, 3.63) is 34.9 Å². The third kappa shape index (κ3) is 3.03. The van der Waals surface area contributed by atoms with Gasteiger partial charge >= 0.3 is 0 Å². The third-order valence-corrected chi connectivity index (χ3v) is 4.89. The normalized spacial score (nSPS) is 16.5. The number of hydrogen-bond donors (Lipinski definition) is 1. The molecule has 1 saturated carbocycles. The van der Waals surface area contributed by atoms with Crippen molar-refractivity contribution in [3.63, 3.8) is 0 Å². The minimum absolute atomic E-state index is 0.926. The molecule has 1 heterocycles. The Morgan fingerprint density at radius 3 is 2.89 bits per heavy atom. The van der Waals surface area contributed by atoms with Crippen LogP contribution in [0.15, 0.2) is 34.9 Å². The molecule has 0 radical (unpaired) electrons. The highest BCUT2D eigenvalue weighted by Crippen LogP contribution is 2.25. The fraction of sp³-hybridized carbons (Fsp3) is 0.500. The van der Waals surface area contributed by atoms with Crippen molar-refractivity contribution in [1.82, 2.24) is 9.88 Å². The van der Waals surface area contributed by atoms with E-state index in [4.69, 9.17) is 0 Å². The smallest absolute Gasteiger partial charge is 0.0492 e. The highest BCUT2D eigenvalue weighted by Gasteiger charge is 2.13. The zero-order valence-electron chi connectivity index (χ0n) is 11.2. The van der Waals surface area contributed by atoms with E-state index in [0.717, 1.165) is 19.0 Å². The topological polar surface area (TPSA) is 17.0 Å². The van der Waals surface area contributed by atoms with Gasteiger partial charge in [0.2, 0.25) is 0 Å². The average Bonchev–Trinajstić information content (AvgIpc) is 3.05. The third-order valence-electron chi connectivity index (χ3n) is 4.20. The zero-order valence-corrected chi connectivity index (χ0v) is 12.8. The van der Waals surface area contributed by atoms with Crippen LogP contribution in [0.25, 0.3) is 10.9 Å². The van der Waals surface area contributed by atoms with E-state index >= 15 is 0 Å². The molecule has 2 nitrogen and oxygen atoms in total. The quantitative estimate of drug-likeness (QED) is 0.818. The maximum Gasteiger partial charge on any atom is 0.0492 e. The van der Waals surface area contributed by atoms with Gasteiger partial charge in [-0.3, -0.25) is 0 Å². The van der Waals surface area contributed by atoms with Crippen LogP contribution < -0.4 is 5.32 Å². The molecule has 0 saturated heterocycles. The summed E-state index contributed by atoms with van der Waals surface area (Å²) in [6.45, 7) is 3.31. The van der Waals surface area contributed by atoms with Crippen LogP contribution in [0.4, 0.5) is 0 Å². The van der Waals surface area contributed by atoms with Crippen molar-refractivity contribution >= 4 is 26.8 Å². The molecule has 0 bridgehead atoms. The molecule has 0 atom stereocenters. The zero-order chi connectivity index (χ0) is 13.1. The summed E-state index contributed by atoms with van der Waals surface area (Å²) in [5.41, 5.74) is 1.32. The first-order valence-electron chi connectivity index (χ1n) is 7.28. The molecule has 2 aromatic rings. The number of rotatable bonds is 5. The van der Waals surface area contributed by atoms with Gasteiger partial charge in [-0.25, -0.2) is 0 Å². The average molecular weight is 321 g/mol. The predicted octanol–water partition coefficient (Wildman–Crippen LogP) is 4.18. The van der Waals surface area contributed by atoms with Gasteiger partial charge in [-0.2, -0.15) is 0 Å². The number of benzene rings is 1. The number of aromatic nitrogens is 1. The molecule has 1 aromatic carbocycles. The first-order chi connectivity index (χ1) is 9.34. The second-order valence-electron chi connectivity index (χ2n) is 5.54. The van der Waals surface area contributed by atoms with Crippen molar-refractivity contribution in [3.8, 4) is 0 Å². The number of halogens is 1. The molecule has 0 unspecified atom stereocenters. The van der Waals surface area contributed by atoms with Crippen LogP contribution in [-0.4, -0.2) is 17.7 Å². The van der Waals surface area contributed by atoms with Crippen molar-refractivity contribution in [2.75, 3.05) is 13.1 Å². The summed E-state index contributed by atoms with van der Waals surface area (Å²) >= 11 is 3.61. The summed E-state index contributed by atoms with van der Waals surface area (Å²) in [5, 5.41) is 4.92. The lowest BCUT2D eigenvalue weighted by Gasteiger charge is -2.11. The minimum Gasteiger partial charge on any atom is -0.346 e. The van der Waals surface area contributed by atoms with Gasteiger partial charge in [0.05, 0.1) is 0 Å². The van der Waals surface area contributed by atoms with E-state index in [1.54, 1.807) is 0 Å². The summed E-state index contributed by atoms with van der Waals surface area (Å²) in [5.74, 6) is 0.926. The van der Waals surface area contributed by atoms with Gasteiger partial charge in [-0.15, -0.1) is 0 Å². The lowest BCUT2D eigenvalue weighted by atomic mass is 10.1. The first kappa shape index (κ1) is 13.2. The van der Waals surface area contributed by atoms with Crippen LogP contribution in [0.2, 0.25) is 0 Å². The van der Waals surface area contributed by atoms with E-state index < -0.39 is 0 Å². The Balaban J connectivity index is 1.55. The Morgan fingerprint density at radius 2 is 2.05 bits per heavy atom. The monoisotopic (exact) mass is 320 g/mol. The first-order valence-corrected chi connectivity index (χ1v) is 8.08. The van der Waals surface area contributed by atoms with Crippen LogP contribution in [-0.2, 0) is 6.54 Å². The van der Waals surface area contributed by atoms with E-state index in [1.807, 2.05) is 0 Å². The van der Waals surface area contributed by atoms with Gasteiger partial charge in [0, 0.05) is 34.7 Å². The fourth-order valence-corrected chi connectivity index (χ4v) is 3.59. The van der Waals surface area contributed by atoms with Crippen LogP contribution in [0, 0.1) is 5.92 Å². The van der Waals surface area contributed by atoms with Crippen LogP contribution in [0.1, 0.15) is 25.7 Å². The molecule has 1 fully saturated rings. The Bertz CT molecular complexity index is 541. The Labute approximate surface area is 123 Å². The molecule has 19 heavy (non-hydrogen) atoms. The van der Waals surface area contributed by atoms with Crippen LogP contribution in [0.3, 0.4) is 0 Å². The Hall–Kier alpha value is -0.800. The van der Waals surface area contributed by atoms with Gasteiger partial charge in [-0.1, -0.05) is 34.8 Å². The molecule has 3 rings (SSSR count). The summed E-state index contributed by atoms with van der Waals surface area (Å²) < 4.78 is 3.52. The number of nitrogens with one attached hydrogen (secondary N) is 1. The van der Waals surface area contributed by atoms with E-state index in [9.17, 15) is 0 Å². The second kappa shape index (κ2) is 6.10. The van der Waals surface area contributed by atoms with Crippen LogP contribution >= 0.6 is 15.9 Å². The van der Waals surface area contributed by atoms with E-state index in [1.165, 1.54) is 47.6 Å². The second-order valence-corrected chi connectivity index (χ2v) is 6.39. The fourth-order valence-electron chi connectivity index (χ4n) is 3.10. The van der Waals surface area contributed by atoms with E-state index in [2.05, 4.69) is 56.3 Å². The lowest BCUT2D eigenvalue weighted by molar-refractivity contribution is 0.478. The Kier molecular flexibility index (Phi) is 4.24. The maximum atomic E-state index is 3.61. The molecule has 102 valence electrons. The summed E-state index contributed by atoms with van der Waals surface area (Å²) in [6, 6.07) is 8.59. The predicted molar refractivity (Wildman–Crippen MR) is 84.5 cm³/mol. The summed E-state index contributed by atoms with van der Waals surface area (Å²) in [4.78, 5) is 0. The molecule has 1 aliphatic rings. The largest absolute Gasteiger partial charge is 0.346 e. The van der Waals surface area contributed by atoms with Gasteiger partial charge in [-0.05, 0) is 43.5 Å². The number of hydrogen-bond acceptors (Lipinski definition) is 1. The molecular weight excluding hydrogens is 300 g/mol. The molecule has 0 spiro atoms. The summed E-state index contributed by atoms with van der Waals surface area (Å²) in [6.07, 6.45) is 7.90. The van der Waals surface area contributed by atoms with E-state index in [-0.39, 0.29) is 0 Å². The Morgan fingerprint density at radius 1 is 1.21 bits per heavy atom. The van der Waals surface area contributed by atoms with Gasteiger partial charge in [0.15, 0.2) is 0 Å². The van der Waals surface area contributed by atoms with Crippen molar-refractivity contribution in [1.29, 1.82) is 0 Å². The molecule has 0 amide bonds. The number of nitrogens with zero attached hydrogens (tertiary/aromatic N) is 1. The molecular formula is C16H21BrN2. The van der Waals surface area contributed by atoms with Gasteiger partial charge in [0.25, 0.3) is 0 Å². The SMILES string of the molecule is Brc1cccc2c1ccn2CCNCC1CCCC1. The van der Waals surface area contributed by atoms with Crippen molar-refractivity contribution < 1.29 is 0 Å². The molecule has 0 aliphatic heterocycles.